The van der Waals surface area contributed by atoms with Crippen LogP contribution in [0.5, 0.6) is 0 Å². The maximum atomic E-state index is 10.4. The number of hydrogen-bond donors (Lipinski definition) is 2. The molecular formula is C6H10N2O. The average molecular weight is 126 g/mol. The fraction of sp³-hybridized carbons (Fsp3) is 0. The molecule has 1 unspecified atom stereocenters. The van der Waals surface area contributed by atoms with Gasteiger partial charge in [-0.25, -0.2) is 0 Å². The zero-order valence-corrected chi connectivity index (χ0v) is 5.13. The Labute approximate surface area is 54.3 Å². The number of allylic oxidation sites excluding steroid dienone is 3. The van der Waals surface area contributed by atoms with E-state index in [1.807, 2.05) is 0 Å². The van der Waals surface area contributed by atoms with E-state index in [-0.39, 0.29) is 0 Å². The highest BCUT2D eigenvalue weighted by Gasteiger charge is 1.91. The Kier molecular flexibility index (Phi) is 3.62. The van der Waals surface area contributed by atoms with Crippen LogP contribution in [-0.2, 0) is 0 Å². The Morgan fingerprint density at radius 2 is 2.11 bits per heavy atom. The molecule has 3 N–H and O–H groups in total. The van der Waals surface area contributed by atoms with E-state index in [4.69, 9.17) is 5.84 Å². The molecule has 0 aliphatic carbocycles. The van der Waals surface area contributed by atoms with Crippen molar-refractivity contribution in [3.8, 4) is 0 Å². The number of quaternary nitrogens is 1. The molecule has 3 nitrogen and oxygen atoms in total. The second kappa shape index (κ2) is 4.03. The SMILES string of the molecule is C=C/C=C(\C=C)[NH+](N)[O-]. The third-order valence-corrected chi connectivity index (χ3v) is 0.802. The lowest BCUT2D eigenvalue weighted by molar-refractivity contribution is -0.815. The molecule has 0 aliphatic heterocycles. The summed E-state index contributed by atoms with van der Waals surface area (Å²) in [6.07, 6.45) is 4.39. The van der Waals surface area contributed by atoms with Crippen molar-refractivity contribution in [1.29, 1.82) is 0 Å². The number of rotatable bonds is 3. The summed E-state index contributed by atoms with van der Waals surface area (Å²) in [5.41, 5.74) is 0.380. The highest BCUT2D eigenvalue weighted by molar-refractivity contribution is 5.12. The maximum Gasteiger partial charge on any atom is 0.149 e. The summed E-state index contributed by atoms with van der Waals surface area (Å²) in [4.78, 5) is 0. The molecule has 50 valence electrons. The van der Waals surface area contributed by atoms with E-state index in [9.17, 15) is 5.21 Å². The number of nitrogens with two attached hydrogens (primary N) is 1. The first kappa shape index (κ1) is 8.10. The van der Waals surface area contributed by atoms with E-state index in [1.54, 1.807) is 0 Å². The molecule has 0 saturated carbocycles. The van der Waals surface area contributed by atoms with Crippen LogP contribution in [-0.4, -0.2) is 0 Å². The molecule has 0 fully saturated rings. The molecule has 0 heterocycles. The van der Waals surface area contributed by atoms with Gasteiger partial charge < -0.3 is 5.21 Å². The van der Waals surface area contributed by atoms with Gasteiger partial charge in [0.15, 0.2) is 0 Å². The van der Waals surface area contributed by atoms with Gasteiger partial charge in [-0.2, -0.15) is 5.84 Å². The summed E-state index contributed by atoms with van der Waals surface area (Å²) in [5.74, 6) is 4.91. The quantitative estimate of drug-likeness (QED) is 0.304. The summed E-state index contributed by atoms with van der Waals surface area (Å²) < 4.78 is 0. The molecule has 0 amide bonds. The monoisotopic (exact) mass is 126 g/mol. The van der Waals surface area contributed by atoms with Crippen LogP contribution < -0.4 is 11.0 Å². The second-order valence-electron chi connectivity index (χ2n) is 1.43. The first-order chi connectivity index (χ1) is 4.22. The zero-order valence-electron chi connectivity index (χ0n) is 5.13. The molecule has 0 aromatic heterocycles. The summed E-state index contributed by atoms with van der Waals surface area (Å²) in [6, 6.07) is 0. The van der Waals surface area contributed by atoms with Gasteiger partial charge in [0, 0.05) is 6.08 Å². The highest BCUT2D eigenvalue weighted by Crippen LogP contribution is 1.81. The fourth-order valence-electron chi connectivity index (χ4n) is 0.378. The summed E-state index contributed by atoms with van der Waals surface area (Å²) >= 11 is 0. The lowest BCUT2D eigenvalue weighted by atomic mass is 10.4. The minimum absolute atomic E-state index is 0.380. The van der Waals surface area contributed by atoms with Gasteiger partial charge >= 0.3 is 0 Å². The van der Waals surface area contributed by atoms with Gasteiger partial charge in [-0.1, -0.05) is 19.2 Å². The average Bonchev–Trinajstić information content (AvgIpc) is 1.82. The van der Waals surface area contributed by atoms with Crippen molar-refractivity contribution >= 4 is 0 Å². The predicted octanol–water partition coefficient (Wildman–Crippen LogP) is -0.501. The Hall–Kier alpha value is -0.900. The number of nitrogens with one attached hydrogen (secondary N) is 1. The molecule has 0 aliphatic rings. The van der Waals surface area contributed by atoms with Crippen molar-refractivity contribution in [3.63, 3.8) is 0 Å². The molecule has 0 aromatic rings. The fourth-order valence-corrected chi connectivity index (χ4v) is 0.378. The van der Waals surface area contributed by atoms with Crippen LogP contribution >= 0.6 is 0 Å². The Balaban J connectivity index is 4.13. The first-order valence-corrected chi connectivity index (χ1v) is 2.47. The third kappa shape index (κ3) is 2.81. The van der Waals surface area contributed by atoms with E-state index in [0.29, 0.717) is 5.70 Å². The van der Waals surface area contributed by atoms with Gasteiger partial charge in [0.25, 0.3) is 0 Å². The first-order valence-electron chi connectivity index (χ1n) is 2.47. The molecule has 0 saturated heterocycles. The van der Waals surface area contributed by atoms with Crippen LogP contribution in [0.4, 0.5) is 0 Å². The van der Waals surface area contributed by atoms with Crippen molar-refractivity contribution in [1.82, 2.24) is 0 Å². The lowest BCUT2D eigenvalue weighted by Gasteiger charge is -2.13. The van der Waals surface area contributed by atoms with Crippen LogP contribution in [0.2, 0.25) is 0 Å². The molecule has 0 bridgehead atoms. The molecule has 3 heteroatoms. The van der Waals surface area contributed by atoms with Crippen LogP contribution in [0, 0.1) is 5.21 Å². The van der Waals surface area contributed by atoms with Crippen molar-refractivity contribution in [3.05, 3.63) is 42.3 Å². The Morgan fingerprint density at radius 1 is 1.56 bits per heavy atom. The summed E-state index contributed by atoms with van der Waals surface area (Å²) in [6.45, 7) is 6.78. The minimum Gasteiger partial charge on any atom is -0.608 e. The largest absolute Gasteiger partial charge is 0.608 e. The molecule has 9 heavy (non-hydrogen) atoms. The second-order valence-corrected chi connectivity index (χ2v) is 1.43. The van der Waals surface area contributed by atoms with Crippen LogP contribution in [0.1, 0.15) is 0 Å². The van der Waals surface area contributed by atoms with Gasteiger partial charge in [-0.05, 0) is 6.08 Å². The molecular weight excluding hydrogens is 116 g/mol. The van der Waals surface area contributed by atoms with E-state index in [1.165, 1.54) is 18.2 Å². The van der Waals surface area contributed by atoms with E-state index in [2.05, 4.69) is 13.2 Å². The molecule has 0 rings (SSSR count). The van der Waals surface area contributed by atoms with Crippen molar-refractivity contribution < 1.29 is 5.17 Å². The molecule has 0 aromatic carbocycles. The van der Waals surface area contributed by atoms with E-state index in [0.717, 1.165) is 0 Å². The van der Waals surface area contributed by atoms with E-state index >= 15 is 0 Å². The standard InChI is InChI=1S/C6H10N2O/c1-3-5-6(4-2)8(7)9/h3-5,8H,1-2,7H2/b6-5+. The number of hydroxylamine groups is 1. The van der Waals surface area contributed by atoms with Crippen molar-refractivity contribution in [2.75, 3.05) is 0 Å². The van der Waals surface area contributed by atoms with Crippen LogP contribution in [0.15, 0.2) is 37.1 Å². The summed E-state index contributed by atoms with van der Waals surface area (Å²) in [7, 11) is 0. The lowest BCUT2D eigenvalue weighted by Crippen LogP contribution is -3.11. The van der Waals surface area contributed by atoms with Gasteiger partial charge in [0.1, 0.15) is 5.70 Å². The Morgan fingerprint density at radius 3 is 2.22 bits per heavy atom. The van der Waals surface area contributed by atoms with Crippen molar-refractivity contribution in [2.45, 2.75) is 0 Å². The van der Waals surface area contributed by atoms with Gasteiger partial charge in [-0.15, -0.1) is 0 Å². The minimum atomic E-state index is -0.482. The Bertz CT molecular complexity index is 138. The molecule has 1 atom stereocenters. The smallest absolute Gasteiger partial charge is 0.149 e. The third-order valence-electron chi connectivity index (χ3n) is 0.802. The highest BCUT2D eigenvalue weighted by atomic mass is 16.5. The van der Waals surface area contributed by atoms with E-state index < -0.39 is 5.17 Å². The van der Waals surface area contributed by atoms with Gasteiger partial charge in [-0.3, -0.25) is 5.17 Å². The topological polar surface area (TPSA) is 53.5 Å². The zero-order chi connectivity index (χ0) is 7.28. The van der Waals surface area contributed by atoms with Crippen LogP contribution in [0.3, 0.4) is 0 Å². The predicted molar refractivity (Wildman–Crippen MR) is 37.0 cm³/mol. The number of hydrogen-bond acceptors (Lipinski definition) is 2. The molecule has 0 spiro atoms. The summed E-state index contributed by atoms with van der Waals surface area (Å²) in [5, 5.41) is 9.87. The van der Waals surface area contributed by atoms with Gasteiger partial charge in [0.2, 0.25) is 0 Å². The van der Waals surface area contributed by atoms with Crippen molar-refractivity contribution in [2.24, 2.45) is 5.84 Å². The normalized spacial score (nSPS) is 14.7. The van der Waals surface area contributed by atoms with Gasteiger partial charge in [0.05, 0.1) is 0 Å². The van der Waals surface area contributed by atoms with Crippen LogP contribution in [0.25, 0.3) is 0 Å². The molecule has 0 radical (unpaired) electrons. The maximum absolute atomic E-state index is 10.4.